The van der Waals surface area contributed by atoms with Crippen LogP contribution in [0, 0.1) is 18.7 Å². The fourth-order valence-corrected chi connectivity index (χ4v) is 3.15. The molecule has 0 spiro atoms. The van der Waals surface area contributed by atoms with E-state index in [1.165, 1.54) is 18.4 Å². The van der Waals surface area contributed by atoms with Gasteiger partial charge in [0.1, 0.15) is 5.82 Å². The number of nitrogens with one attached hydrogen (secondary N) is 1. The second-order valence-corrected chi connectivity index (χ2v) is 6.03. The molecule has 1 aromatic rings. The number of nitrogens with zero attached hydrogens (tertiary/aromatic N) is 1. The molecule has 0 radical (unpaired) electrons. The van der Waals surface area contributed by atoms with E-state index in [1.807, 2.05) is 6.07 Å². The first-order chi connectivity index (χ1) is 9.60. The minimum absolute atomic E-state index is 0.124. The van der Waals surface area contributed by atoms with Gasteiger partial charge in [0.2, 0.25) is 0 Å². The van der Waals surface area contributed by atoms with Gasteiger partial charge in [0.15, 0.2) is 0 Å². The van der Waals surface area contributed by atoms with Crippen molar-refractivity contribution < 1.29 is 4.39 Å². The Hall–Kier alpha value is -0.930. The largest absolute Gasteiger partial charge is 0.314 e. The molecule has 1 N–H and O–H groups in total. The van der Waals surface area contributed by atoms with Crippen molar-refractivity contribution in [2.45, 2.75) is 46.2 Å². The van der Waals surface area contributed by atoms with Crippen LogP contribution in [0.4, 0.5) is 4.39 Å². The first kappa shape index (κ1) is 15.5. The van der Waals surface area contributed by atoms with Gasteiger partial charge < -0.3 is 5.32 Å². The smallest absolute Gasteiger partial charge is 0.123 e. The van der Waals surface area contributed by atoms with E-state index >= 15 is 0 Å². The molecular formula is C17H27FN2. The second kappa shape index (κ2) is 7.19. The third kappa shape index (κ3) is 4.03. The van der Waals surface area contributed by atoms with Gasteiger partial charge >= 0.3 is 0 Å². The van der Waals surface area contributed by atoms with Crippen LogP contribution in [0.5, 0.6) is 0 Å². The highest BCUT2D eigenvalue weighted by Gasteiger charge is 2.23. The van der Waals surface area contributed by atoms with Crippen LogP contribution in [0.25, 0.3) is 0 Å². The van der Waals surface area contributed by atoms with E-state index in [0.717, 1.165) is 37.7 Å². The van der Waals surface area contributed by atoms with Gasteiger partial charge in [-0.15, -0.1) is 0 Å². The van der Waals surface area contributed by atoms with E-state index in [2.05, 4.69) is 31.0 Å². The standard InChI is InChI=1S/C17H27FN2/c1-4-19-14(3)15-7-9-20(10-8-15)12-16-11-17(18)6-5-13(16)2/h5-6,11,14-15,19H,4,7-10,12H2,1-3H3. The molecule has 3 heteroatoms. The summed E-state index contributed by atoms with van der Waals surface area (Å²) in [5, 5.41) is 3.53. The predicted octanol–water partition coefficient (Wildman–Crippen LogP) is 3.34. The fraction of sp³-hybridized carbons (Fsp3) is 0.647. The number of hydrogen-bond donors (Lipinski definition) is 1. The number of aryl methyl sites for hydroxylation is 1. The summed E-state index contributed by atoms with van der Waals surface area (Å²) in [6, 6.07) is 5.72. The van der Waals surface area contributed by atoms with Gasteiger partial charge in [-0.1, -0.05) is 13.0 Å². The molecule has 0 aliphatic carbocycles. The van der Waals surface area contributed by atoms with E-state index in [-0.39, 0.29) is 5.82 Å². The summed E-state index contributed by atoms with van der Waals surface area (Å²) in [5.74, 6) is 0.654. The zero-order valence-corrected chi connectivity index (χ0v) is 13.0. The summed E-state index contributed by atoms with van der Waals surface area (Å²) in [7, 11) is 0. The highest BCUT2D eigenvalue weighted by Crippen LogP contribution is 2.23. The molecule has 112 valence electrons. The average Bonchev–Trinajstić information content (AvgIpc) is 2.44. The lowest BCUT2D eigenvalue weighted by atomic mass is 9.90. The van der Waals surface area contributed by atoms with E-state index in [0.29, 0.717) is 6.04 Å². The Morgan fingerprint density at radius 3 is 2.70 bits per heavy atom. The summed E-state index contributed by atoms with van der Waals surface area (Å²) >= 11 is 0. The lowest BCUT2D eigenvalue weighted by Gasteiger charge is -2.35. The van der Waals surface area contributed by atoms with Crippen molar-refractivity contribution in [3.63, 3.8) is 0 Å². The van der Waals surface area contributed by atoms with E-state index in [1.54, 1.807) is 12.1 Å². The third-order valence-electron chi connectivity index (χ3n) is 4.57. The number of rotatable bonds is 5. The monoisotopic (exact) mass is 278 g/mol. The van der Waals surface area contributed by atoms with Gasteiger partial charge in [-0.3, -0.25) is 4.90 Å². The van der Waals surface area contributed by atoms with Crippen molar-refractivity contribution in [1.29, 1.82) is 0 Å². The molecule has 20 heavy (non-hydrogen) atoms. The van der Waals surface area contributed by atoms with E-state index in [4.69, 9.17) is 0 Å². The number of hydrogen-bond acceptors (Lipinski definition) is 2. The minimum Gasteiger partial charge on any atom is -0.314 e. The third-order valence-corrected chi connectivity index (χ3v) is 4.57. The van der Waals surface area contributed by atoms with E-state index < -0.39 is 0 Å². The molecule has 2 nitrogen and oxygen atoms in total. The number of halogens is 1. The normalized spacial score (nSPS) is 19.2. The molecule has 1 aliphatic rings. The quantitative estimate of drug-likeness (QED) is 0.888. The van der Waals surface area contributed by atoms with E-state index in [9.17, 15) is 4.39 Å². The Morgan fingerprint density at radius 2 is 2.05 bits per heavy atom. The van der Waals surface area contributed by atoms with Crippen LogP contribution < -0.4 is 5.32 Å². The molecular weight excluding hydrogens is 251 g/mol. The maximum Gasteiger partial charge on any atom is 0.123 e. The van der Waals surface area contributed by atoms with Crippen molar-refractivity contribution >= 4 is 0 Å². The molecule has 1 unspecified atom stereocenters. The van der Waals surface area contributed by atoms with Gasteiger partial charge in [-0.25, -0.2) is 4.39 Å². The molecule has 1 aliphatic heterocycles. The molecule has 0 aromatic heterocycles. The first-order valence-electron chi connectivity index (χ1n) is 7.81. The molecule has 1 atom stereocenters. The van der Waals surface area contributed by atoms with Gasteiger partial charge in [-0.2, -0.15) is 0 Å². The first-order valence-corrected chi connectivity index (χ1v) is 7.81. The number of benzene rings is 1. The summed E-state index contributed by atoms with van der Waals surface area (Å²) in [6.45, 7) is 10.7. The lowest BCUT2D eigenvalue weighted by Crippen LogP contribution is -2.41. The van der Waals surface area contributed by atoms with Crippen LogP contribution in [-0.4, -0.2) is 30.6 Å². The maximum absolute atomic E-state index is 13.3. The minimum atomic E-state index is -0.124. The Morgan fingerprint density at radius 1 is 1.35 bits per heavy atom. The highest BCUT2D eigenvalue weighted by molar-refractivity contribution is 5.26. The highest BCUT2D eigenvalue weighted by atomic mass is 19.1. The van der Waals surface area contributed by atoms with Crippen molar-refractivity contribution in [3.05, 3.63) is 35.1 Å². The van der Waals surface area contributed by atoms with Gasteiger partial charge in [0.25, 0.3) is 0 Å². The van der Waals surface area contributed by atoms with Gasteiger partial charge in [0, 0.05) is 12.6 Å². The van der Waals surface area contributed by atoms with Crippen LogP contribution in [0.2, 0.25) is 0 Å². The van der Waals surface area contributed by atoms with Crippen molar-refractivity contribution in [2.24, 2.45) is 5.92 Å². The topological polar surface area (TPSA) is 15.3 Å². The van der Waals surface area contributed by atoms with Gasteiger partial charge in [-0.05, 0) is 75.5 Å². The fourth-order valence-electron chi connectivity index (χ4n) is 3.15. The Labute approximate surface area is 122 Å². The number of piperidine rings is 1. The van der Waals surface area contributed by atoms with Crippen LogP contribution in [0.3, 0.4) is 0 Å². The van der Waals surface area contributed by atoms with Crippen LogP contribution in [0.1, 0.15) is 37.8 Å². The zero-order chi connectivity index (χ0) is 14.5. The van der Waals surface area contributed by atoms with Gasteiger partial charge in [0.05, 0.1) is 0 Å². The van der Waals surface area contributed by atoms with Crippen molar-refractivity contribution in [2.75, 3.05) is 19.6 Å². The molecule has 2 rings (SSSR count). The van der Waals surface area contributed by atoms with Crippen LogP contribution in [0.15, 0.2) is 18.2 Å². The second-order valence-electron chi connectivity index (χ2n) is 6.03. The maximum atomic E-state index is 13.3. The predicted molar refractivity (Wildman–Crippen MR) is 82.3 cm³/mol. The molecule has 1 heterocycles. The van der Waals surface area contributed by atoms with Crippen LogP contribution >= 0.6 is 0 Å². The van der Waals surface area contributed by atoms with Crippen molar-refractivity contribution in [3.8, 4) is 0 Å². The summed E-state index contributed by atoms with van der Waals surface area (Å²) in [6.07, 6.45) is 2.48. The molecule has 0 amide bonds. The summed E-state index contributed by atoms with van der Waals surface area (Å²) in [4.78, 5) is 2.46. The van der Waals surface area contributed by atoms with Crippen molar-refractivity contribution in [1.82, 2.24) is 10.2 Å². The molecule has 1 saturated heterocycles. The molecule has 0 bridgehead atoms. The lowest BCUT2D eigenvalue weighted by molar-refractivity contribution is 0.157. The average molecular weight is 278 g/mol. The SMILES string of the molecule is CCNC(C)C1CCN(Cc2cc(F)ccc2C)CC1. The Kier molecular flexibility index (Phi) is 5.55. The summed E-state index contributed by atoms with van der Waals surface area (Å²) in [5.41, 5.74) is 2.32. The number of likely N-dealkylation sites (tertiary alicyclic amines) is 1. The Bertz CT molecular complexity index is 425. The van der Waals surface area contributed by atoms with Crippen LogP contribution in [-0.2, 0) is 6.54 Å². The molecule has 0 saturated carbocycles. The summed E-state index contributed by atoms with van der Waals surface area (Å²) < 4.78 is 13.3. The zero-order valence-electron chi connectivity index (χ0n) is 13.0. The molecule has 1 aromatic carbocycles. The molecule has 1 fully saturated rings. The Balaban J connectivity index is 1.86.